The number of amides is 1. The van der Waals surface area contributed by atoms with Gasteiger partial charge in [-0.2, -0.15) is 13.2 Å². The summed E-state index contributed by atoms with van der Waals surface area (Å²) in [6.45, 7) is 0. The van der Waals surface area contributed by atoms with E-state index < -0.39 is 27.5 Å². The summed E-state index contributed by atoms with van der Waals surface area (Å²) in [6.07, 6.45) is 0. The number of alkyl halides is 3. The van der Waals surface area contributed by atoms with E-state index in [0.29, 0.717) is 0 Å². The van der Waals surface area contributed by atoms with Crippen LogP contribution < -0.4 is 29.6 Å². The Morgan fingerprint density at radius 3 is 1.71 bits per heavy atom. The number of thiocarbonyl (C=S) groups is 1. The van der Waals surface area contributed by atoms with E-state index in [-0.39, 0.29) is 29.6 Å². The molecule has 0 aliphatic carbocycles. The van der Waals surface area contributed by atoms with Gasteiger partial charge in [-0.3, -0.25) is 4.79 Å². The van der Waals surface area contributed by atoms with Crippen LogP contribution in [0.15, 0.2) is 4.99 Å². The summed E-state index contributed by atoms with van der Waals surface area (Å²) >= 11 is 3.95. The topological polar surface area (TPSA) is 124 Å². The quantitative estimate of drug-likeness (QED) is 0.124. The van der Waals surface area contributed by atoms with Crippen LogP contribution in [0.5, 0.6) is 0 Å². The third kappa shape index (κ3) is 11.9. The predicted molar refractivity (Wildman–Crippen MR) is 43.4 cm³/mol. The Morgan fingerprint density at radius 2 is 1.65 bits per heavy atom. The molecule has 0 saturated carbocycles. The second kappa shape index (κ2) is 8.69. The first-order valence-electron chi connectivity index (χ1n) is 2.80. The first-order valence-corrected chi connectivity index (χ1v) is 4.62. The minimum atomic E-state index is -6.09. The molecule has 0 atom stereocenters. The minimum Gasteiger partial charge on any atom is -0.741 e. The molecule has 0 saturated heterocycles. The molecule has 0 aliphatic rings. The van der Waals surface area contributed by atoms with Crippen molar-refractivity contribution in [1.29, 1.82) is 0 Å². The Hall–Kier alpha value is -0.360. The summed E-state index contributed by atoms with van der Waals surface area (Å²) < 4.78 is 58.9. The first kappa shape index (κ1) is 21.9. The zero-order chi connectivity index (χ0) is 13.6. The summed E-state index contributed by atoms with van der Waals surface area (Å²) in [5.41, 5.74) is -5.65. The normalized spacial score (nSPS) is 9.88. The van der Waals surface area contributed by atoms with Gasteiger partial charge in [0.1, 0.15) is 0 Å². The maximum absolute atomic E-state index is 10.7. The van der Waals surface area contributed by atoms with Crippen molar-refractivity contribution in [2.45, 2.75) is 5.51 Å². The number of isothiocyanates is 1. The number of hydrogen-bond acceptors (Lipinski definition) is 6. The summed E-state index contributed by atoms with van der Waals surface area (Å²) in [5.74, 6) is -2.91. The molecule has 0 aromatic heterocycles. The third-order valence-electron chi connectivity index (χ3n) is 0.614. The van der Waals surface area contributed by atoms with Gasteiger partial charge in [-0.1, -0.05) is 0 Å². The molecule has 0 bridgehead atoms. The molecule has 7 nitrogen and oxygen atoms in total. The van der Waals surface area contributed by atoms with Crippen molar-refractivity contribution >= 4 is 39.4 Å². The molecule has 92 valence electrons. The van der Waals surface area contributed by atoms with Gasteiger partial charge in [0.25, 0.3) is 0 Å². The van der Waals surface area contributed by atoms with Gasteiger partial charge in [0, 0.05) is 0 Å². The average Bonchev–Trinajstić information content (AvgIpc) is 2.01. The molecule has 0 unspecified atom stereocenters. The molecule has 0 heterocycles. The van der Waals surface area contributed by atoms with Crippen LogP contribution >= 0.6 is 12.2 Å². The zero-order valence-electron chi connectivity index (χ0n) is 7.89. The van der Waals surface area contributed by atoms with E-state index >= 15 is 0 Å². The Balaban J connectivity index is -0.000000218. The number of rotatable bonds is 0. The van der Waals surface area contributed by atoms with Crippen molar-refractivity contribution < 1.29 is 70.4 Å². The molecule has 17 heavy (non-hydrogen) atoms. The number of carboxylic acids is 1. The van der Waals surface area contributed by atoms with Crippen LogP contribution in [0, 0.1) is 0 Å². The van der Waals surface area contributed by atoms with Crippen LogP contribution in [0.1, 0.15) is 0 Å². The molecule has 0 fully saturated rings. The number of carbonyl (C=O) groups is 2. The maximum Gasteiger partial charge on any atom is 1.00 e. The number of carboxylic acid groups (broad SMARTS) is 1. The summed E-state index contributed by atoms with van der Waals surface area (Å²) in [7, 11) is -6.09. The molecular weight excluding hydrogens is 302 g/mol. The fourth-order valence-corrected chi connectivity index (χ4v) is 0.172. The van der Waals surface area contributed by atoms with Gasteiger partial charge in [-0.05, 0) is 12.2 Å². The Bertz CT molecular complexity index is 421. The molecule has 0 rings (SSSR count). The van der Waals surface area contributed by atoms with E-state index in [4.69, 9.17) is 18.1 Å². The van der Waals surface area contributed by atoms with Gasteiger partial charge in [0.15, 0.2) is 10.1 Å². The van der Waals surface area contributed by atoms with Crippen molar-refractivity contribution in [3.63, 3.8) is 0 Å². The van der Waals surface area contributed by atoms with E-state index in [0.717, 1.165) is 0 Å². The number of halogens is 3. The Kier molecular flexibility index (Phi) is 11.2. The van der Waals surface area contributed by atoms with E-state index in [9.17, 15) is 22.8 Å². The van der Waals surface area contributed by atoms with Gasteiger partial charge in [0.05, 0.1) is 5.16 Å². The monoisotopic (exact) mass is 303 g/mol. The molecular formula is C4HF3NNaO6S2. The van der Waals surface area contributed by atoms with Crippen LogP contribution in [-0.4, -0.2) is 40.6 Å². The van der Waals surface area contributed by atoms with E-state index in [1.54, 1.807) is 5.16 Å². The second-order valence-electron chi connectivity index (χ2n) is 1.71. The minimum absolute atomic E-state index is 0. The second-order valence-corrected chi connectivity index (χ2v) is 3.27. The summed E-state index contributed by atoms with van der Waals surface area (Å²) in [4.78, 5) is 22.1. The van der Waals surface area contributed by atoms with E-state index in [1.165, 1.54) is 0 Å². The van der Waals surface area contributed by atoms with E-state index in [2.05, 4.69) is 17.2 Å². The van der Waals surface area contributed by atoms with Crippen molar-refractivity contribution in [2.24, 2.45) is 4.99 Å². The number of hydrogen-bond donors (Lipinski definition) is 1. The SMILES string of the molecule is O=C(O)C(=O)N=C=S.O=S(=O)([O-])C(F)(F)F.[Na+]. The molecule has 0 aromatic carbocycles. The standard InChI is InChI=1S/C3HNO3S.CHF3O3S.Na/c5-2(3(6)7)4-1-8;2-1(3,4)8(5,6)7;/h(H,6,7);(H,5,6,7);/q;;+1/p-1. The largest absolute Gasteiger partial charge is 1.00 e. The van der Waals surface area contributed by atoms with Crippen LogP contribution in [-0.2, 0) is 19.7 Å². The number of nitrogens with zero attached hydrogens (tertiary/aromatic N) is 1. The molecule has 1 amide bonds. The van der Waals surface area contributed by atoms with Crippen molar-refractivity contribution in [2.75, 3.05) is 0 Å². The number of aliphatic imine (C=N–C) groups is 1. The van der Waals surface area contributed by atoms with Crippen LogP contribution in [0.2, 0.25) is 0 Å². The Morgan fingerprint density at radius 1 is 1.35 bits per heavy atom. The molecule has 0 radical (unpaired) electrons. The molecule has 1 N–H and O–H groups in total. The van der Waals surface area contributed by atoms with Crippen molar-refractivity contribution in [3.8, 4) is 0 Å². The van der Waals surface area contributed by atoms with Gasteiger partial charge >= 0.3 is 46.9 Å². The van der Waals surface area contributed by atoms with Gasteiger partial charge < -0.3 is 9.66 Å². The van der Waals surface area contributed by atoms with Crippen LogP contribution in [0.4, 0.5) is 13.2 Å². The van der Waals surface area contributed by atoms with Gasteiger partial charge in [-0.15, -0.1) is 4.99 Å². The molecule has 0 aliphatic heterocycles. The smallest absolute Gasteiger partial charge is 0.741 e. The van der Waals surface area contributed by atoms with Crippen molar-refractivity contribution in [1.82, 2.24) is 0 Å². The zero-order valence-corrected chi connectivity index (χ0v) is 11.5. The Labute approximate surface area is 120 Å². The first-order chi connectivity index (χ1) is 6.93. The van der Waals surface area contributed by atoms with E-state index in [1.807, 2.05) is 0 Å². The fraction of sp³-hybridized carbons (Fsp3) is 0.250. The summed E-state index contributed by atoms with van der Waals surface area (Å²) in [5, 5.41) is 9.41. The van der Waals surface area contributed by atoms with Crippen LogP contribution in [0.3, 0.4) is 0 Å². The molecule has 0 aromatic rings. The molecule has 13 heteroatoms. The van der Waals surface area contributed by atoms with Crippen molar-refractivity contribution in [3.05, 3.63) is 0 Å². The average molecular weight is 303 g/mol. The van der Waals surface area contributed by atoms with Crippen LogP contribution in [0.25, 0.3) is 0 Å². The predicted octanol–water partition coefficient (Wildman–Crippen LogP) is -3.24. The van der Waals surface area contributed by atoms with Gasteiger partial charge in [-0.25, -0.2) is 13.2 Å². The van der Waals surface area contributed by atoms with Gasteiger partial charge in [0.2, 0.25) is 0 Å². The third-order valence-corrected chi connectivity index (χ3v) is 1.27. The molecule has 0 spiro atoms. The number of carbonyl (C=O) groups excluding carboxylic acids is 1. The number of aliphatic carboxylic acids is 1. The maximum atomic E-state index is 10.7. The fourth-order valence-electron chi connectivity index (χ4n) is 0.0893. The summed E-state index contributed by atoms with van der Waals surface area (Å²) in [6, 6.07) is 0.